The van der Waals surface area contributed by atoms with Crippen LogP contribution >= 0.6 is 23.1 Å². The van der Waals surface area contributed by atoms with Crippen LogP contribution in [0.15, 0.2) is 51.8 Å². The first-order valence-electron chi connectivity index (χ1n) is 10.1. The van der Waals surface area contributed by atoms with Crippen molar-refractivity contribution >= 4 is 45.9 Å². The number of aromatic hydroxyl groups is 1. The molecule has 3 aromatic rings. The van der Waals surface area contributed by atoms with Crippen LogP contribution in [0.2, 0.25) is 0 Å². The van der Waals surface area contributed by atoms with Gasteiger partial charge in [-0.25, -0.2) is 9.97 Å². The van der Waals surface area contributed by atoms with E-state index in [0.29, 0.717) is 26.2 Å². The lowest BCUT2D eigenvalue weighted by Crippen LogP contribution is -2.50. The van der Waals surface area contributed by atoms with Gasteiger partial charge >= 0.3 is 0 Å². The molecule has 1 saturated heterocycles. The predicted octanol–water partition coefficient (Wildman–Crippen LogP) is 3.75. The number of aromatic nitrogens is 2. The molecule has 0 bridgehead atoms. The monoisotopic (exact) mass is 469 g/mol. The smallest absolute Gasteiger partial charge is 0.257 e. The number of piperazine rings is 1. The first-order chi connectivity index (χ1) is 15.4. The fraction of sp³-hybridized carbons (Fsp3) is 0.273. The normalized spacial score (nSPS) is 13.8. The number of anilines is 2. The average molecular weight is 470 g/mol. The molecule has 1 aliphatic rings. The van der Waals surface area contributed by atoms with Gasteiger partial charge in [-0.05, 0) is 36.8 Å². The first kappa shape index (κ1) is 22.1. The maximum absolute atomic E-state index is 13.0. The topological polar surface area (TPSA) is 98.7 Å². The number of phenolic OH excluding ortho intramolecular Hbond substituents is 1. The molecule has 1 aliphatic heterocycles. The highest BCUT2D eigenvalue weighted by Crippen LogP contribution is 2.36. The van der Waals surface area contributed by atoms with Gasteiger partial charge in [0.1, 0.15) is 11.6 Å². The lowest BCUT2D eigenvalue weighted by Gasteiger charge is -2.34. The highest BCUT2D eigenvalue weighted by molar-refractivity contribution is 8.01. The number of carbonyl (C=O) groups excluding carboxylic acids is 2. The van der Waals surface area contributed by atoms with Crippen molar-refractivity contribution in [1.29, 1.82) is 0 Å². The predicted molar refractivity (Wildman–Crippen MR) is 125 cm³/mol. The molecule has 2 aromatic heterocycles. The number of aryl methyl sites for hydroxylation is 1. The van der Waals surface area contributed by atoms with Gasteiger partial charge in [0.15, 0.2) is 5.13 Å². The molecular formula is C22H23N5O3S2. The number of hydrogen-bond donors (Lipinski definition) is 2. The number of amides is 2. The summed E-state index contributed by atoms with van der Waals surface area (Å²) in [5.74, 6) is 0.453. The fourth-order valence-electron chi connectivity index (χ4n) is 3.28. The quantitative estimate of drug-likeness (QED) is 0.587. The van der Waals surface area contributed by atoms with E-state index in [0.717, 1.165) is 25.6 Å². The van der Waals surface area contributed by atoms with E-state index < -0.39 is 0 Å². The van der Waals surface area contributed by atoms with Crippen molar-refractivity contribution in [2.45, 2.75) is 23.0 Å². The van der Waals surface area contributed by atoms with Gasteiger partial charge in [-0.1, -0.05) is 29.2 Å². The van der Waals surface area contributed by atoms with E-state index in [4.69, 9.17) is 0 Å². The second kappa shape index (κ2) is 9.58. The summed E-state index contributed by atoms with van der Waals surface area (Å²) in [4.78, 5) is 37.4. The van der Waals surface area contributed by atoms with Gasteiger partial charge in [0.05, 0.1) is 16.0 Å². The van der Waals surface area contributed by atoms with Gasteiger partial charge in [-0.3, -0.25) is 9.59 Å². The van der Waals surface area contributed by atoms with E-state index in [-0.39, 0.29) is 23.1 Å². The van der Waals surface area contributed by atoms with Crippen molar-refractivity contribution < 1.29 is 14.7 Å². The molecule has 4 rings (SSSR count). The van der Waals surface area contributed by atoms with Crippen LogP contribution in [0, 0.1) is 6.92 Å². The molecule has 8 nitrogen and oxygen atoms in total. The van der Waals surface area contributed by atoms with Crippen molar-refractivity contribution in [1.82, 2.24) is 19.8 Å². The lowest BCUT2D eigenvalue weighted by molar-refractivity contribution is -0.130. The SMILES string of the molecule is CC(=O)N1CCN(C(=O)c2cc(Sc3cnc(Nc4ccc(C)cn4)s3)ccc2O)CC1. The Morgan fingerprint density at radius 3 is 2.50 bits per heavy atom. The maximum Gasteiger partial charge on any atom is 0.257 e. The highest BCUT2D eigenvalue weighted by Gasteiger charge is 2.25. The zero-order valence-corrected chi connectivity index (χ0v) is 19.4. The van der Waals surface area contributed by atoms with Gasteiger partial charge in [0.2, 0.25) is 5.91 Å². The number of phenols is 1. The maximum atomic E-state index is 13.0. The number of hydrogen-bond acceptors (Lipinski definition) is 8. The Labute approximate surface area is 194 Å². The van der Waals surface area contributed by atoms with Crippen LogP contribution in [0.1, 0.15) is 22.8 Å². The number of pyridine rings is 1. The van der Waals surface area contributed by atoms with E-state index in [1.807, 2.05) is 19.1 Å². The molecule has 2 N–H and O–H groups in total. The number of nitrogens with one attached hydrogen (secondary N) is 1. The third kappa shape index (κ3) is 5.20. The van der Waals surface area contributed by atoms with E-state index >= 15 is 0 Å². The summed E-state index contributed by atoms with van der Waals surface area (Å²) in [5.41, 5.74) is 1.35. The van der Waals surface area contributed by atoms with Crippen molar-refractivity contribution in [3.05, 3.63) is 53.9 Å². The summed E-state index contributed by atoms with van der Waals surface area (Å²) in [7, 11) is 0. The fourth-order valence-corrected chi connectivity index (χ4v) is 5.18. The molecule has 3 heterocycles. The van der Waals surface area contributed by atoms with Crippen molar-refractivity contribution in [3.8, 4) is 5.75 Å². The summed E-state index contributed by atoms with van der Waals surface area (Å²) in [5, 5.41) is 14.2. The number of thiazole rings is 1. The Kier molecular flexibility index (Phi) is 6.61. The zero-order valence-electron chi connectivity index (χ0n) is 17.7. The Bertz CT molecular complexity index is 1120. The second-order valence-corrected chi connectivity index (χ2v) is 9.81. The summed E-state index contributed by atoms with van der Waals surface area (Å²) in [6, 6.07) is 8.90. The van der Waals surface area contributed by atoms with E-state index in [9.17, 15) is 14.7 Å². The van der Waals surface area contributed by atoms with Crippen LogP contribution in [-0.4, -0.2) is 62.9 Å². The van der Waals surface area contributed by atoms with Crippen LogP contribution in [0.25, 0.3) is 0 Å². The van der Waals surface area contributed by atoms with Crippen molar-refractivity contribution in [3.63, 3.8) is 0 Å². The number of benzene rings is 1. The van der Waals surface area contributed by atoms with E-state index in [1.165, 1.54) is 36.1 Å². The Balaban J connectivity index is 1.43. The molecule has 0 spiro atoms. The molecule has 0 atom stereocenters. The minimum atomic E-state index is -0.231. The highest BCUT2D eigenvalue weighted by atomic mass is 32.2. The van der Waals surface area contributed by atoms with Gasteiger partial charge in [-0.2, -0.15) is 0 Å². The van der Waals surface area contributed by atoms with Crippen LogP contribution in [0.4, 0.5) is 10.9 Å². The van der Waals surface area contributed by atoms with Crippen LogP contribution in [0.3, 0.4) is 0 Å². The van der Waals surface area contributed by atoms with Gasteiger partial charge in [0, 0.05) is 44.2 Å². The Morgan fingerprint density at radius 2 is 1.81 bits per heavy atom. The third-order valence-corrected chi connectivity index (χ3v) is 7.06. The molecule has 0 saturated carbocycles. The molecule has 0 unspecified atom stereocenters. The average Bonchev–Trinajstić information content (AvgIpc) is 3.23. The molecule has 2 amide bonds. The molecule has 166 valence electrons. The van der Waals surface area contributed by atoms with E-state index in [1.54, 1.807) is 34.3 Å². The third-order valence-electron chi connectivity index (χ3n) is 5.06. The minimum Gasteiger partial charge on any atom is -0.507 e. The van der Waals surface area contributed by atoms with E-state index in [2.05, 4.69) is 15.3 Å². The molecule has 10 heteroatoms. The molecule has 1 fully saturated rings. The Hall–Kier alpha value is -3.11. The molecular weight excluding hydrogens is 446 g/mol. The molecule has 0 aliphatic carbocycles. The summed E-state index contributed by atoms with van der Waals surface area (Å²) in [6.07, 6.45) is 3.56. The second-order valence-electron chi connectivity index (χ2n) is 7.41. The lowest BCUT2D eigenvalue weighted by atomic mass is 10.1. The number of carbonyl (C=O) groups is 2. The van der Waals surface area contributed by atoms with Crippen molar-refractivity contribution in [2.75, 3.05) is 31.5 Å². The summed E-state index contributed by atoms with van der Waals surface area (Å²) >= 11 is 2.96. The Morgan fingerprint density at radius 1 is 1.06 bits per heavy atom. The number of nitrogens with zero attached hydrogens (tertiary/aromatic N) is 4. The summed E-state index contributed by atoms with van der Waals surface area (Å²) < 4.78 is 0.943. The van der Waals surface area contributed by atoms with Gasteiger partial charge in [0.25, 0.3) is 5.91 Å². The molecule has 32 heavy (non-hydrogen) atoms. The minimum absolute atomic E-state index is 0.00918. The first-order valence-corrected chi connectivity index (χ1v) is 11.7. The molecule has 1 aromatic carbocycles. The molecule has 0 radical (unpaired) electrons. The standard InChI is InChI=1S/C22H23N5O3S2/c1-14-3-6-19(23-12-14)25-22-24-13-20(32-22)31-16-4-5-18(29)17(11-16)21(30)27-9-7-26(8-10-27)15(2)28/h3-6,11-13,29H,7-10H2,1-2H3,(H,23,24,25). The van der Waals surface area contributed by atoms with Gasteiger partial charge < -0.3 is 20.2 Å². The number of rotatable bonds is 5. The van der Waals surface area contributed by atoms with Crippen molar-refractivity contribution in [2.24, 2.45) is 0 Å². The zero-order chi connectivity index (χ0) is 22.7. The summed E-state index contributed by atoms with van der Waals surface area (Å²) in [6.45, 7) is 5.42. The van der Waals surface area contributed by atoms with Crippen LogP contribution in [0.5, 0.6) is 5.75 Å². The van der Waals surface area contributed by atoms with Gasteiger partial charge in [-0.15, -0.1) is 0 Å². The van der Waals surface area contributed by atoms with Crippen LogP contribution in [-0.2, 0) is 4.79 Å². The van der Waals surface area contributed by atoms with Crippen LogP contribution < -0.4 is 5.32 Å². The largest absolute Gasteiger partial charge is 0.507 e.